The molecular formula is C9H11NO2S. The molecule has 1 aromatic carbocycles. The molecule has 0 bridgehead atoms. The molecular weight excluding hydrogens is 186 g/mol. The van der Waals surface area contributed by atoms with Crippen molar-refractivity contribution < 1.29 is 8.95 Å². The number of rotatable bonds is 4. The minimum Gasteiger partial charge on any atom is -0.497 e. The molecule has 0 spiro atoms. The maximum Gasteiger partial charge on any atom is 0.142 e. The van der Waals surface area contributed by atoms with Gasteiger partial charge in [0.05, 0.1) is 7.11 Å². The van der Waals surface area contributed by atoms with Crippen molar-refractivity contribution in [3.63, 3.8) is 0 Å². The second kappa shape index (κ2) is 4.67. The first-order valence-corrected chi connectivity index (χ1v) is 4.91. The molecule has 0 aliphatic carbocycles. The molecule has 0 saturated carbocycles. The lowest BCUT2D eigenvalue weighted by atomic mass is 10.3. The first-order chi connectivity index (χ1) is 6.26. The van der Waals surface area contributed by atoms with Gasteiger partial charge >= 0.3 is 0 Å². The minimum atomic E-state index is -1.21. The largest absolute Gasteiger partial charge is 0.497 e. The van der Waals surface area contributed by atoms with E-state index in [-0.39, 0.29) is 0 Å². The highest BCUT2D eigenvalue weighted by Crippen LogP contribution is 2.15. The maximum atomic E-state index is 11.0. The first kappa shape index (κ1) is 9.80. The number of methoxy groups -OCH3 is 1. The fraction of sp³-hybridized carbons (Fsp3) is 0.111. The van der Waals surface area contributed by atoms with Crippen LogP contribution in [-0.2, 0) is 11.0 Å². The predicted molar refractivity (Wildman–Crippen MR) is 55.0 cm³/mol. The maximum absolute atomic E-state index is 11.0. The summed E-state index contributed by atoms with van der Waals surface area (Å²) in [5, 5.41) is 1.34. The second-order valence-electron chi connectivity index (χ2n) is 2.29. The smallest absolute Gasteiger partial charge is 0.142 e. The van der Waals surface area contributed by atoms with Gasteiger partial charge in [-0.1, -0.05) is 6.58 Å². The molecule has 0 radical (unpaired) electrons. The van der Waals surface area contributed by atoms with Gasteiger partial charge in [-0.15, -0.1) is 0 Å². The predicted octanol–water partition coefficient (Wildman–Crippen LogP) is 1.91. The van der Waals surface area contributed by atoms with Gasteiger partial charge in [0.1, 0.15) is 16.7 Å². The molecule has 3 nitrogen and oxygen atoms in total. The van der Waals surface area contributed by atoms with E-state index >= 15 is 0 Å². The van der Waals surface area contributed by atoms with Crippen molar-refractivity contribution in [3.8, 4) is 5.75 Å². The summed E-state index contributed by atoms with van der Waals surface area (Å²) in [5.74, 6) is 0.773. The summed E-state index contributed by atoms with van der Waals surface area (Å²) in [6, 6.07) is 7.17. The van der Waals surface area contributed by atoms with Crippen LogP contribution in [0, 0.1) is 0 Å². The van der Waals surface area contributed by atoms with E-state index in [1.54, 1.807) is 31.4 Å². The van der Waals surface area contributed by atoms with Crippen molar-refractivity contribution in [2.45, 2.75) is 0 Å². The summed E-state index contributed by atoms with van der Waals surface area (Å²) in [5.41, 5.74) is 0.777. The van der Waals surface area contributed by atoms with Crippen molar-refractivity contribution in [2.75, 3.05) is 11.8 Å². The van der Waals surface area contributed by atoms with E-state index in [4.69, 9.17) is 4.74 Å². The van der Waals surface area contributed by atoms with Gasteiger partial charge in [-0.05, 0) is 24.3 Å². The Bertz CT molecular complexity index is 308. The molecule has 0 amide bonds. The van der Waals surface area contributed by atoms with Gasteiger partial charge in [-0.3, -0.25) is 0 Å². The highest BCUT2D eigenvalue weighted by Gasteiger charge is 1.95. The molecule has 1 atom stereocenters. The van der Waals surface area contributed by atoms with Crippen molar-refractivity contribution in [2.24, 2.45) is 0 Å². The highest BCUT2D eigenvalue weighted by atomic mass is 32.2. The van der Waals surface area contributed by atoms with Crippen LogP contribution in [0.2, 0.25) is 0 Å². The van der Waals surface area contributed by atoms with Gasteiger partial charge in [0.2, 0.25) is 0 Å². The normalized spacial score (nSPS) is 11.8. The highest BCUT2D eigenvalue weighted by molar-refractivity contribution is 7.89. The van der Waals surface area contributed by atoms with Gasteiger partial charge in [-0.2, -0.15) is 0 Å². The standard InChI is InChI=1S/C9H11NO2S/c1-3-13(11)10-8-4-6-9(12-2)7-5-8/h3-7,10H,1H2,2H3. The third-order valence-electron chi connectivity index (χ3n) is 1.46. The molecule has 0 saturated heterocycles. The van der Waals surface area contributed by atoms with E-state index in [0.717, 1.165) is 11.4 Å². The first-order valence-electron chi connectivity index (χ1n) is 3.70. The molecule has 0 heterocycles. The van der Waals surface area contributed by atoms with E-state index in [2.05, 4.69) is 11.3 Å². The van der Waals surface area contributed by atoms with Gasteiger partial charge in [0, 0.05) is 11.1 Å². The molecule has 1 rings (SSSR count). The lowest BCUT2D eigenvalue weighted by molar-refractivity contribution is 0.415. The Balaban J connectivity index is 2.69. The molecule has 13 heavy (non-hydrogen) atoms. The van der Waals surface area contributed by atoms with Crippen LogP contribution in [0.4, 0.5) is 5.69 Å². The lowest BCUT2D eigenvalue weighted by Crippen LogP contribution is -1.99. The Kier molecular flexibility index (Phi) is 3.52. The van der Waals surface area contributed by atoms with E-state index < -0.39 is 11.0 Å². The number of hydrogen-bond acceptors (Lipinski definition) is 2. The van der Waals surface area contributed by atoms with Gasteiger partial charge in [-0.25, -0.2) is 4.21 Å². The van der Waals surface area contributed by atoms with Crippen LogP contribution in [0.1, 0.15) is 0 Å². The number of nitrogens with one attached hydrogen (secondary N) is 1. The number of hydrogen-bond donors (Lipinski definition) is 1. The lowest BCUT2D eigenvalue weighted by Gasteiger charge is -2.03. The fourth-order valence-electron chi connectivity index (χ4n) is 0.817. The summed E-state index contributed by atoms with van der Waals surface area (Å²) < 4.78 is 18.7. The molecule has 4 heteroatoms. The zero-order valence-electron chi connectivity index (χ0n) is 7.32. The molecule has 70 valence electrons. The number of ether oxygens (including phenoxy) is 1. The van der Waals surface area contributed by atoms with Crippen LogP contribution in [-0.4, -0.2) is 11.3 Å². The van der Waals surface area contributed by atoms with Crippen LogP contribution in [0.5, 0.6) is 5.75 Å². The Morgan fingerprint density at radius 2 is 2.08 bits per heavy atom. The van der Waals surface area contributed by atoms with Crippen LogP contribution in [0.25, 0.3) is 0 Å². The molecule has 1 aromatic rings. The third-order valence-corrected chi connectivity index (χ3v) is 2.20. The third kappa shape index (κ3) is 2.91. The quantitative estimate of drug-likeness (QED) is 0.800. The Morgan fingerprint density at radius 1 is 1.46 bits per heavy atom. The molecule has 0 aliphatic rings. The summed E-state index contributed by atoms with van der Waals surface area (Å²) in [7, 11) is 0.388. The van der Waals surface area contributed by atoms with Crippen molar-refractivity contribution in [1.82, 2.24) is 0 Å². The topological polar surface area (TPSA) is 38.3 Å². The zero-order valence-corrected chi connectivity index (χ0v) is 8.14. The fourth-order valence-corrected chi connectivity index (χ4v) is 1.27. The van der Waals surface area contributed by atoms with Gasteiger partial charge < -0.3 is 9.46 Å². The summed E-state index contributed by atoms with van der Waals surface area (Å²) >= 11 is 0. The van der Waals surface area contributed by atoms with Crippen LogP contribution in [0.15, 0.2) is 36.3 Å². The van der Waals surface area contributed by atoms with E-state index in [9.17, 15) is 4.21 Å². The van der Waals surface area contributed by atoms with Crippen LogP contribution < -0.4 is 9.46 Å². The Hall–Kier alpha value is -1.29. The zero-order chi connectivity index (χ0) is 9.68. The van der Waals surface area contributed by atoms with Crippen molar-refractivity contribution in [1.29, 1.82) is 0 Å². The van der Waals surface area contributed by atoms with E-state index in [1.807, 2.05) is 0 Å². The molecule has 0 aromatic heterocycles. The molecule has 1 unspecified atom stereocenters. The molecule has 1 N–H and O–H groups in total. The minimum absolute atomic E-state index is 0.773. The van der Waals surface area contributed by atoms with E-state index in [1.165, 1.54) is 5.41 Å². The second-order valence-corrected chi connectivity index (χ2v) is 3.43. The van der Waals surface area contributed by atoms with Gasteiger partial charge in [0.25, 0.3) is 0 Å². The monoisotopic (exact) mass is 197 g/mol. The average Bonchev–Trinajstić information content (AvgIpc) is 2.19. The summed E-state index contributed by atoms with van der Waals surface area (Å²) in [6.07, 6.45) is 0. The molecule has 0 fully saturated rings. The number of anilines is 1. The molecule has 0 aliphatic heterocycles. The van der Waals surface area contributed by atoms with Crippen LogP contribution in [0.3, 0.4) is 0 Å². The average molecular weight is 197 g/mol. The van der Waals surface area contributed by atoms with Gasteiger partial charge in [0.15, 0.2) is 0 Å². The summed E-state index contributed by atoms with van der Waals surface area (Å²) in [4.78, 5) is 0. The number of benzene rings is 1. The van der Waals surface area contributed by atoms with Crippen molar-refractivity contribution >= 4 is 16.7 Å². The SMILES string of the molecule is C=CS(=O)Nc1ccc(OC)cc1. The Morgan fingerprint density at radius 3 is 2.54 bits per heavy atom. The summed E-state index contributed by atoms with van der Waals surface area (Å²) in [6.45, 7) is 3.40. The van der Waals surface area contributed by atoms with Crippen LogP contribution >= 0.6 is 0 Å². The van der Waals surface area contributed by atoms with Crippen molar-refractivity contribution in [3.05, 3.63) is 36.3 Å². The van der Waals surface area contributed by atoms with E-state index in [0.29, 0.717) is 0 Å². The Labute approximate surface area is 80.0 Å².